The topological polar surface area (TPSA) is 63.7 Å². The van der Waals surface area contributed by atoms with Crippen LogP contribution in [0.25, 0.3) is 6.08 Å². The largest absolute Gasteiger partial charge is 0.458 e. The number of rotatable bonds is 8. The smallest absolute Gasteiger partial charge is 0.331 e. The van der Waals surface area contributed by atoms with E-state index in [2.05, 4.69) is 0 Å². The molecule has 0 unspecified atom stereocenters. The van der Waals surface area contributed by atoms with Gasteiger partial charge in [0.15, 0.2) is 0 Å². The van der Waals surface area contributed by atoms with Crippen molar-refractivity contribution >= 4 is 33.7 Å². The molecule has 0 aromatic heterocycles. The molecule has 5 nitrogen and oxygen atoms in total. The molecule has 2 rings (SSSR count). The van der Waals surface area contributed by atoms with Gasteiger partial charge in [-0.3, -0.25) is 0 Å². The molecule has 0 aliphatic carbocycles. The predicted molar refractivity (Wildman–Crippen MR) is 107 cm³/mol. The molecule has 7 heteroatoms. The second kappa shape index (κ2) is 9.69. The monoisotopic (exact) mass is 407 g/mol. The number of benzene rings is 2. The number of carbonyl (C=O) groups excluding carboxylic acids is 1. The van der Waals surface area contributed by atoms with Gasteiger partial charge >= 0.3 is 5.97 Å². The zero-order valence-electron chi connectivity index (χ0n) is 15.3. The van der Waals surface area contributed by atoms with Crippen LogP contribution >= 0.6 is 11.6 Å². The lowest BCUT2D eigenvalue weighted by atomic mass is 10.2. The summed E-state index contributed by atoms with van der Waals surface area (Å²) in [5.74, 6) is -0.482. The van der Waals surface area contributed by atoms with Gasteiger partial charge in [-0.25, -0.2) is 13.2 Å². The van der Waals surface area contributed by atoms with Crippen molar-refractivity contribution in [1.82, 2.24) is 4.31 Å². The number of halogens is 1. The number of sulfonamides is 1. The number of carbonyl (C=O) groups is 1. The molecule has 0 radical (unpaired) electrons. The molecule has 0 fully saturated rings. The standard InChI is InChI=1S/C20H22ClNO4S/c1-3-22(4-2)27(24,25)19-12-7-16(8-13-19)9-14-20(23)26-15-17-5-10-18(21)11-6-17/h5-14H,3-4,15H2,1-2H3/b14-9+. The van der Waals surface area contributed by atoms with Gasteiger partial charge in [0, 0.05) is 24.2 Å². The highest BCUT2D eigenvalue weighted by atomic mass is 35.5. The fraction of sp³-hybridized carbons (Fsp3) is 0.250. The molecule has 0 N–H and O–H groups in total. The van der Waals surface area contributed by atoms with Crippen LogP contribution in [0, 0.1) is 0 Å². The van der Waals surface area contributed by atoms with Crippen molar-refractivity contribution in [3.63, 3.8) is 0 Å². The van der Waals surface area contributed by atoms with Gasteiger partial charge < -0.3 is 4.74 Å². The van der Waals surface area contributed by atoms with E-state index in [-0.39, 0.29) is 11.5 Å². The second-order valence-corrected chi connectivity index (χ2v) is 8.10. The fourth-order valence-corrected chi connectivity index (χ4v) is 3.99. The summed E-state index contributed by atoms with van der Waals surface area (Å²) in [4.78, 5) is 12.0. The minimum absolute atomic E-state index is 0.154. The maximum absolute atomic E-state index is 12.4. The third-order valence-electron chi connectivity index (χ3n) is 3.93. The number of nitrogens with zero attached hydrogens (tertiary/aromatic N) is 1. The van der Waals surface area contributed by atoms with Crippen molar-refractivity contribution in [1.29, 1.82) is 0 Å². The van der Waals surface area contributed by atoms with Crippen molar-refractivity contribution in [3.05, 3.63) is 70.8 Å². The van der Waals surface area contributed by atoms with Crippen molar-refractivity contribution in [2.75, 3.05) is 13.1 Å². The van der Waals surface area contributed by atoms with Crippen LogP contribution < -0.4 is 0 Å². The van der Waals surface area contributed by atoms with Crippen LogP contribution in [0.4, 0.5) is 0 Å². The summed E-state index contributed by atoms with van der Waals surface area (Å²) in [5, 5.41) is 0.622. The molecule has 144 valence electrons. The Kier molecular flexibility index (Phi) is 7.59. The minimum Gasteiger partial charge on any atom is -0.458 e. The van der Waals surface area contributed by atoms with Crippen molar-refractivity contribution < 1.29 is 17.9 Å². The Morgan fingerprint density at radius 1 is 1.04 bits per heavy atom. The Morgan fingerprint density at radius 2 is 1.63 bits per heavy atom. The maximum Gasteiger partial charge on any atom is 0.331 e. The molecule has 0 aliphatic heterocycles. The van der Waals surface area contributed by atoms with E-state index in [9.17, 15) is 13.2 Å². The average molecular weight is 408 g/mol. The summed E-state index contributed by atoms with van der Waals surface area (Å²) >= 11 is 5.81. The van der Waals surface area contributed by atoms with Gasteiger partial charge in [0.05, 0.1) is 4.90 Å². The molecule has 0 aliphatic rings. The summed E-state index contributed by atoms with van der Waals surface area (Å²) in [5.41, 5.74) is 1.55. The van der Waals surface area contributed by atoms with E-state index in [1.54, 1.807) is 56.3 Å². The molecule has 2 aromatic rings. The third kappa shape index (κ3) is 5.92. The molecule has 0 spiro atoms. The van der Waals surface area contributed by atoms with Crippen LogP contribution in [0.15, 0.2) is 59.5 Å². The summed E-state index contributed by atoms with van der Waals surface area (Å²) in [7, 11) is -3.48. The van der Waals surface area contributed by atoms with Gasteiger partial charge in [0.1, 0.15) is 6.61 Å². The van der Waals surface area contributed by atoms with E-state index in [1.807, 2.05) is 0 Å². The Bertz CT molecular complexity index is 887. The van der Waals surface area contributed by atoms with Gasteiger partial charge in [-0.15, -0.1) is 0 Å². The Labute approximate surface area is 165 Å². The summed E-state index contributed by atoms with van der Waals surface area (Å²) < 4.78 is 31.4. The highest BCUT2D eigenvalue weighted by molar-refractivity contribution is 7.89. The lowest BCUT2D eigenvalue weighted by molar-refractivity contribution is -0.138. The van der Waals surface area contributed by atoms with Crippen molar-refractivity contribution in [2.24, 2.45) is 0 Å². The molecule has 0 heterocycles. The lowest BCUT2D eigenvalue weighted by Gasteiger charge is -2.18. The quantitative estimate of drug-likeness (QED) is 0.487. The number of hydrogen-bond donors (Lipinski definition) is 0. The Morgan fingerprint density at radius 3 is 2.19 bits per heavy atom. The van der Waals surface area contributed by atoms with Gasteiger partial charge in [-0.05, 0) is 41.5 Å². The summed E-state index contributed by atoms with van der Waals surface area (Å²) in [6.45, 7) is 4.59. The first-order valence-corrected chi connectivity index (χ1v) is 10.4. The lowest BCUT2D eigenvalue weighted by Crippen LogP contribution is -2.30. The molecule has 0 amide bonds. The van der Waals surface area contributed by atoms with Gasteiger partial charge in [-0.1, -0.05) is 49.7 Å². The Hall–Kier alpha value is -2.15. The van der Waals surface area contributed by atoms with Crippen LogP contribution in [-0.2, 0) is 26.2 Å². The molecule has 0 bridgehead atoms. The first kappa shape index (κ1) is 21.2. The van der Waals surface area contributed by atoms with Crippen LogP contribution in [-0.4, -0.2) is 31.8 Å². The number of esters is 1. The zero-order valence-corrected chi connectivity index (χ0v) is 16.8. The van der Waals surface area contributed by atoms with Crippen LogP contribution in [0.3, 0.4) is 0 Å². The summed E-state index contributed by atoms with van der Waals surface area (Å²) in [6, 6.07) is 13.4. The van der Waals surface area contributed by atoms with Crippen molar-refractivity contribution in [2.45, 2.75) is 25.3 Å². The first-order valence-electron chi connectivity index (χ1n) is 8.56. The fourth-order valence-electron chi connectivity index (χ4n) is 2.41. The molecule has 0 saturated carbocycles. The minimum atomic E-state index is -3.48. The first-order chi connectivity index (χ1) is 12.9. The molecule has 0 atom stereocenters. The second-order valence-electron chi connectivity index (χ2n) is 5.73. The number of ether oxygens (including phenoxy) is 1. The zero-order chi connectivity index (χ0) is 19.9. The van der Waals surface area contributed by atoms with E-state index in [1.165, 1.54) is 22.5 Å². The number of hydrogen-bond acceptors (Lipinski definition) is 4. The van der Waals surface area contributed by atoms with E-state index >= 15 is 0 Å². The Balaban J connectivity index is 1.97. The van der Waals surface area contributed by atoms with E-state index in [4.69, 9.17) is 16.3 Å². The van der Waals surface area contributed by atoms with Crippen LogP contribution in [0.5, 0.6) is 0 Å². The average Bonchev–Trinajstić information content (AvgIpc) is 2.67. The predicted octanol–water partition coefficient (Wildman–Crippen LogP) is 4.13. The maximum atomic E-state index is 12.4. The van der Waals surface area contributed by atoms with Crippen LogP contribution in [0.1, 0.15) is 25.0 Å². The third-order valence-corrected chi connectivity index (χ3v) is 6.25. The highest BCUT2D eigenvalue weighted by Crippen LogP contribution is 2.17. The molecule has 2 aromatic carbocycles. The van der Waals surface area contributed by atoms with E-state index in [0.29, 0.717) is 23.7 Å². The highest BCUT2D eigenvalue weighted by Gasteiger charge is 2.20. The van der Waals surface area contributed by atoms with Crippen molar-refractivity contribution in [3.8, 4) is 0 Å². The van der Waals surface area contributed by atoms with E-state index in [0.717, 1.165) is 5.56 Å². The van der Waals surface area contributed by atoms with E-state index < -0.39 is 16.0 Å². The molecular weight excluding hydrogens is 386 g/mol. The van der Waals surface area contributed by atoms with Crippen LogP contribution in [0.2, 0.25) is 5.02 Å². The SMILES string of the molecule is CCN(CC)S(=O)(=O)c1ccc(/C=C/C(=O)OCc2ccc(Cl)cc2)cc1. The van der Waals surface area contributed by atoms with Gasteiger partial charge in [-0.2, -0.15) is 4.31 Å². The van der Waals surface area contributed by atoms with Gasteiger partial charge in [0.25, 0.3) is 0 Å². The summed E-state index contributed by atoms with van der Waals surface area (Å²) in [6.07, 6.45) is 2.89. The van der Waals surface area contributed by atoms with Gasteiger partial charge in [0.2, 0.25) is 10.0 Å². The molecular formula is C20H22ClNO4S. The molecule has 27 heavy (non-hydrogen) atoms. The normalized spacial score (nSPS) is 11.9. The molecule has 0 saturated heterocycles.